The number of halogens is 1. The highest BCUT2D eigenvalue weighted by Gasteiger charge is 2.25. The number of nitrogens with zero attached hydrogens (tertiary/aromatic N) is 1. The lowest BCUT2D eigenvalue weighted by Crippen LogP contribution is -2.32. The quantitative estimate of drug-likeness (QED) is 0.810. The molecule has 120 valence electrons. The molecule has 0 saturated carbocycles. The predicted molar refractivity (Wildman–Crippen MR) is 82.0 cm³/mol. The molecular weight excluding hydrogens is 344 g/mol. The minimum Gasteiger partial charge on any atom is -0.478 e. The van der Waals surface area contributed by atoms with Crippen molar-refractivity contribution in [3.8, 4) is 0 Å². The Balaban J connectivity index is 2.39. The molecule has 1 aromatic heterocycles. The van der Waals surface area contributed by atoms with Crippen LogP contribution in [0.2, 0.25) is 5.15 Å². The second-order valence-corrected chi connectivity index (χ2v) is 6.63. The minimum atomic E-state index is -4.37. The zero-order valence-corrected chi connectivity index (χ0v) is 13.4. The van der Waals surface area contributed by atoms with Crippen LogP contribution in [0, 0.1) is 6.92 Å². The van der Waals surface area contributed by atoms with Crippen molar-refractivity contribution in [1.82, 2.24) is 9.71 Å². The third kappa shape index (κ3) is 3.85. The SMILES string of the molecule is Cc1cc(Cl)nc(C(=O)NS(=O)(=O)c2ccccc2C(=O)O)c1. The number of aromatic carboxylic acids is 1. The maximum atomic E-state index is 12.3. The molecule has 1 heterocycles. The summed E-state index contributed by atoms with van der Waals surface area (Å²) in [6.45, 7) is 1.67. The van der Waals surface area contributed by atoms with Gasteiger partial charge in [0.1, 0.15) is 15.7 Å². The molecule has 1 aromatic carbocycles. The Labute approximate surface area is 137 Å². The van der Waals surface area contributed by atoms with E-state index >= 15 is 0 Å². The maximum absolute atomic E-state index is 12.3. The van der Waals surface area contributed by atoms with Crippen molar-refractivity contribution >= 4 is 33.5 Å². The fourth-order valence-corrected chi connectivity index (χ4v) is 3.27. The summed E-state index contributed by atoms with van der Waals surface area (Å²) >= 11 is 5.73. The molecule has 2 aromatic rings. The molecule has 0 fully saturated rings. The zero-order valence-electron chi connectivity index (χ0n) is 11.8. The molecule has 0 saturated heterocycles. The number of sulfonamides is 1. The Hall–Kier alpha value is -2.45. The van der Waals surface area contributed by atoms with Crippen molar-refractivity contribution in [2.45, 2.75) is 11.8 Å². The minimum absolute atomic E-state index is 0.0403. The van der Waals surface area contributed by atoms with Gasteiger partial charge in [0.15, 0.2) is 0 Å². The highest BCUT2D eigenvalue weighted by atomic mass is 35.5. The number of hydrogen-bond donors (Lipinski definition) is 2. The van der Waals surface area contributed by atoms with Crippen LogP contribution in [0.1, 0.15) is 26.4 Å². The second-order valence-electron chi connectivity index (χ2n) is 4.59. The van der Waals surface area contributed by atoms with Crippen molar-refractivity contribution in [2.24, 2.45) is 0 Å². The first kappa shape index (κ1) is 16.9. The van der Waals surface area contributed by atoms with Crippen LogP contribution in [0.4, 0.5) is 0 Å². The van der Waals surface area contributed by atoms with Crippen LogP contribution < -0.4 is 4.72 Å². The zero-order chi connectivity index (χ0) is 17.2. The van der Waals surface area contributed by atoms with Crippen LogP contribution in [0.25, 0.3) is 0 Å². The van der Waals surface area contributed by atoms with E-state index in [4.69, 9.17) is 16.7 Å². The van der Waals surface area contributed by atoms with Crippen LogP contribution >= 0.6 is 11.6 Å². The van der Waals surface area contributed by atoms with E-state index < -0.39 is 32.4 Å². The van der Waals surface area contributed by atoms with E-state index in [0.29, 0.717) is 5.56 Å². The van der Waals surface area contributed by atoms with Gasteiger partial charge in [-0.3, -0.25) is 4.79 Å². The number of carbonyl (C=O) groups is 2. The summed E-state index contributed by atoms with van der Waals surface area (Å²) in [7, 11) is -4.37. The van der Waals surface area contributed by atoms with Crippen molar-refractivity contribution in [1.29, 1.82) is 0 Å². The molecule has 0 spiro atoms. The first-order valence-electron chi connectivity index (χ1n) is 6.24. The molecule has 0 bridgehead atoms. The van der Waals surface area contributed by atoms with Gasteiger partial charge in [-0.1, -0.05) is 23.7 Å². The molecule has 9 heteroatoms. The van der Waals surface area contributed by atoms with Gasteiger partial charge in [-0.2, -0.15) is 0 Å². The van der Waals surface area contributed by atoms with E-state index in [1.807, 2.05) is 0 Å². The first-order chi connectivity index (χ1) is 10.7. The number of carboxylic acids is 1. The van der Waals surface area contributed by atoms with Gasteiger partial charge in [-0.05, 0) is 36.8 Å². The van der Waals surface area contributed by atoms with E-state index in [1.165, 1.54) is 24.3 Å². The van der Waals surface area contributed by atoms with Crippen molar-refractivity contribution in [2.75, 3.05) is 0 Å². The van der Waals surface area contributed by atoms with Gasteiger partial charge < -0.3 is 5.11 Å². The summed E-state index contributed by atoms with van der Waals surface area (Å²) in [4.78, 5) is 26.4. The molecular formula is C14H11ClN2O5S. The van der Waals surface area contributed by atoms with Gasteiger partial charge in [0.2, 0.25) is 0 Å². The van der Waals surface area contributed by atoms with Gasteiger partial charge in [0.25, 0.3) is 15.9 Å². The average molecular weight is 355 g/mol. The lowest BCUT2D eigenvalue weighted by Gasteiger charge is -2.09. The summed E-state index contributed by atoms with van der Waals surface area (Å²) in [5.74, 6) is -2.43. The monoisotopic (exact) mass is 354 g/mol. The number of aromatic nitrogens is 1. The lowest BCUT2D eigenvalue weighted by atomic mass is 10.2. The first-order valence-corrected chi connectivity index (χ1v) is 8.10. The Bertz CT molecular complexity index is 876. The second kappa shape index (κ2) is 6.35. The van der Waals surface area contributed by atoms with E-state index in [1.54, 1.807) is 11.6 Å². The highest BCUT2D eigenvalue weighted by Crippen LogP contribution is 2.16. The number of hydrogen-bond acceptors (Lipinski definition) is 5. The van der Waals surface area contributed by atoms with Crippen LogP contribution in [0.5, 0.6) is 0 Å². The largest absolute Gasteiger partial charge is 0.478 e. The number of rotatable bonds is 4. The molecule has 2 rings (SSSR count). The summed E-state index contributed by atoms with van der Waals surface area (Å²) < 4.78 is 26.3. The fraction of sp³-hybridized carbons (Fsp3) is 0.0714. The third-order valence-electron chi connectivity index (χ3n) is 2.81. The molecule has 0 radical (unpaired) electrons. The van der Waals surface area contributed by atoms with Crippen molar-refractivity contribution < 1.29 is 23.1 Å². The van der Waals surface area contributed by atoms with Gasteiger partial charge in [0.05, 0.1) is 5.56 Å². The van der Waals surface area contributed by atoms with Crippen LogP contribution in [0.15, 0.2) is 41.3 Å². The summed E-state index contributed by atoms with van der Waals surface area (Å²) in [6, 6.07) is 7.82. The highest BCUT2D eigenvalue weighted by molar-refractivity contribution is 7.90. The Morgan fingerprint density at radius 1 is 1.22 bits per heavy atom. The molecule has 0 aliphatic rings. The third-order valence-corrected chi connectivity index (χ3v) is 4.39. The Kier molecular flexibility index (Phi) is 4.67. The normalized spacial score (nSPS) is 11.0. The number of carbonyl (C=O) groups excluding carboxylic acids is 1. The average Bonchev–Trinajstić information content (AvgIpc) is 2.45. The summed E-state index contributed by atoms with van der Waals surface area (Å²) in [5, 5.41) is 9.09. The topological polar surface area (TPSA) is 113 Å². The number of aryl methyl sites for hydroxylation is 1. The van der Waals surface area contributed by atoms with Gasteiger partial charge in [-0.15, -0.1) is 0 Å². The van der Waals surface area contributed by atoms with E-state index in [-0.39, 0.29) is 10.8 Å². The molecule has 23 heavy (non-hydrogen) atoms. The summed E-state index contributed by atoms with van der Waals surface area (Å²) in [6.07, 6.45) is 0. The van der Waals surface area contributed by atoms with Crippen LogP contribution in [0.3, 0.4) is 0 Å². The van der Waals surface area contributed by atoms with Gasteiger partial charge >= 0.3 is 5.97 Å². The number of carboxylic acid groups (broad SMARTS) is 1. The van der Waals surface area contributed by atoms with Crippen molar-refractivity contribution in [3.05, 3.63) is 58.4 Å². The summed E-state index contributed by atoms with van der Waals surface area (Å²) in [5.41, 5.74) is -0.00657. The van der Waals surface area contributed by atoms with E-state index in [9.17, 15) is 18.0 Å². The molecule has 0 atom stereocenters. The fourth-order valence-electron chi connectivity index (χ4n) is 1.85. The van der Waals surface area contributed by atoms with E-state index in [0.717, 1.165) is 12.1 Å². The molecule has 0 aliphatic heterocycles. The standard InChI is InChI=1S/C14H11ClN2O5S/c1-8-6-10(16-12(15)7-8)13(18)17-23(21,22)11-5-3-2-4-9(11)14(19)20/h2-7H,1H3,(H,17,18)(H,19,20). The number of nitrogens with one attached hydrogen (secondary N) is 1. The van der Waals surface area contributed by atoms with Gasteiger partial charge in [-0.25, -0.2) is 22.9 Å². The Morgan fingerprint density at radius 2 is 1.87 bits per heavy atom. The number of pyridine rings is 1. The molecule has 1 amide bonds. The van der Waals surface area contributed by atoms with Crippen LogP contribution in [-0.2, 0) is 10.0 Å². The van der Waals surface area contributed by atoms with Crippen LogP contribution in [-0.4, -0.2) is 30.4 Å². The molecule has 0 aliphatic carbocycles. The number of amides is 1. The molecule has 7 nitrogen and oxygen atoms in total. The predicted octanol–water partition coefficient (Wildman–Crippen LogP) is 1.86. The van der Waals surface area contributed by atoms with Crippen molar-refractivity contribution in [3.63, 3.8) is 0 Å². The molecule has 2 N–H and O–H groups in total. The number of benzene rings is 1. The van der Waals surface area contributed by atoms with Gasteiger partial charge in [0, 0.05) is 0 Å². The lowest BCUT2D eigenvalue weighted by molar-refractivity contribution is 0.0692. The Morgan fingerprint density at radius 3 is 2.48 bits per heavy atom. The van der Waals surface area contributed by atoms with E-state index in [2.05, 4.69) is 4.98 Å². The molecule has 0 unspecified atom stereocenters. The smallest absolute Gasteiger partial charge is 0.337 e. The maximum Gasteiger partial charge on any atom is 0.337 e.